The average molecular weight is 433 g/mol. The topological polar surface area (TPSA) is 69.5 Å². The van der Waals surface area contributed by atoms with Crippen molar-refractivity contribution in [2.24, 2.45) is 50.7 Å². The molecule has 4 rings (SSSR count). The van der Waals surface area contributed by atoms with Crippen LogP contribution >= 0.6 is 0 Å². The van der Waals surface area contributed by atoms with Crippen molar-refractivity contribution in [1.29, 1.82) is 0 Å². The Labute approximate surface area is 187 Å². The lowest BCUT2D eigenvalue weighted by atomic mass is 9.44. The van der Waals surface area contributed by atoms with Crippen LogP contribution in [-0.4, -0.2) is 37.7 Å². The van der Waals surface area contributed by atoms with Gasteiger partial charge in [-0.25, -0.2) is 0 Å². The van der Waals surface area contributed by atoms with Crippen LogP contribution in [0, 0.1) is 40.4 Å². The fraction of sp³-hybridized carbons (Fsp3) is 0.880. The van der Waals surface area contributed by atoms with E-state index in [1.165, 1.54) is 39.0 Å². The summed E-state index contributed by atoms with van der Waals surface area (Å²) < 4.78 is 5.62. The fourth-order valence-electron chi connectivity index (χ4n) is 8.50. The molecule has 0 aromatic heterocycles. The Morgan fingerprint density at radius 2 is 1.71 bits per heavy atom. The second-order valence-electron chi connectivity index (χ2n) is 11.0. The minimum Gasteiger partial charge on any atom is -0.463 e. The summed E-state index contributed by atoms with van der Waals surface area (Å²) in [4.78, 5) is 21.9. The standard InChI is InChI=1S/C25H40N2O4/c1-15(26-29-5)23-22(27-30-6)14-21-19-8-7-17-13-18(31-16(2)28)9-11-24(17,3)20(19)10-12-25(21,23)4/h17-21,23H,7-14H2,1-6H3/b26-15+,27-22+/t17-,18?,19?,20?,21?,23?,24?,25?/m0/s1. The van der Waals surface area contributed by atoms with Crippen LogP contribution in [0.2, 0.25) is 0 Å². The van der Waals surface area contributed by atoms with E-state index in [0.29, 0.717) is 23.2 Å². The number of fused-ring (bicyclic) bond motifs is 5. The highest BCUT2D eigenvalue weighted by Crippen LogP contribution is 2.67. The molecule has 0 heterocycles. The zero-order chi connectivity index (χ0) is 22.4. The largest absolute Gasteiger partial charge is 0.463 e. The Morgan fingerprint density at radius 3 is 2.39 bits per heavy atom. The van der Waals surface area contributed by atoms with E-state index in [1.54, 1.807) is 14.2 Å². The van der Waals surface area contributed by atoms with Crippen LogP contribution in [0.1, 0.15) is 79.1 Å². The van der Waals surface area contributed by atoms with Gasteiger partial charge in [0.25, 0.3) is 0 Å². The molecule has 0 aromatic carbocycles. The first-order valence-electron chi connectivity index (χ1n) is 12.1. The third-order valence-electron chi connectivity index (χ3n) is 9.67. The molecule has 0 aromatic rings. The molecule has 31 heavy (non-hydrogen) atoms. The molecule has 174 valence electrons. The van der Waals surface area contributed by atoms with Gasteiger partial charge in [-0.05, 0) is 92.8 Å². The zero-order valence-corrected chi connectivity index (χ0v) is 20.1. The van der Waals surface area contributed by atoms with E-state index in [1.807, 2.05) is 0 Å². The van der Waals surface area contributed by atoms with Crippen molar-refractivity contribution in [1.82, 2.24) is 0 Å². The molecule has 6 heteroatoms. The third-order valence-corrected chi connectivity index (χ3v) is 9.67. The zero-order valence-electron chi connectivity index (χ0n) is 20.1. The van der Waals surface area contributed by atoms with E-state index in [-0.39, 0.29) is 23.4 Å². The monoisotopic (exact) mass is 432 g/mol. The number of oxime groups is 2. The van der Waals surface area contributed by atoms with E-state index in [9.17, 15) is 4.79 Å². The third kappa shape index (κ3) is 3.68. The van der Waals surface area contributed by atoms with Gasteiger partial charge in [-0.2, -0.15) is 0 Å². The second-order valence-corrected chi connectivity index (χ2v) is 11.0. The van der Waals surface area contributed by atoms with Crippen molar-refractivity contribution in [3.8, 4) is 0 Å². The molecule has 0 bridgehead atoms. The van der Waals surface area contributed by atoms with Gasteiger partial charge in [-0.3, -0.25) is 4.79 Å². The Kier molecular flexibility index (Phi) is 6.12. The van der Waals surface area contributed by atoms with Gasteiger partial charge in [0.15, 0.2) is 0 Å². The van der Waals surface area contributed by atoms with Gasteiger partial charge >= 0.3 is 5.97 Å². The summed E-state index contributed by atoms with van der Waals surface area (Å²) in [5.41, 5.74) is 2.67. The minimum absolute atomic E-state index is 0.116. The number of nitrogens with zero attached hydrogens (tertiary/aromatic N) is 2. The second kappa shape index (κ2) is 8.40. The van der Waals surface area contributed by atoms with E-state index >= 15 is 0 Å². The van der Waals surface area contributed by atoms with E-state index in [2.05, 4.69) is 31.1 Å². The number of hydrogen-bond acceptors (Lipinski definition) is 6. The minimum atomic E-state index is -0.134. The van der Waals surface area contributed by atoms with Crippen molar-refractivity contribution < 1.29 is 19.2 Å². The molecule has 0 amide bonds. The molecule has 0 spiro atoms. The molecule has 0 N–H and O–H groups in total. The summed E-state index contributed by atoms with van der Waals surface area (Å²) in [6.45, 7) is 8.61. The predicted molar refractivity (Wildman–Crippen MR) is 121 cm³/mol. The maximum atomic E-state index is 11.5. The normalized spacial score (nSPS) is 46.0. The Morgan fingerprint density at radius 1 is 0.968 bits per heavy atom. The fourth-order valence-corrected chi connectivity index (χ4v) is 8.50. The van der Waals surface area contributed by atoms with Crippen LogP contribution in [0.4, 0.5) is 0 Å². The predicted octanol–water partition coefficient (Wildman–Crippen LogP) is 5.21. The summed E-state index contributed by atoms with van der Waals surface area (Å²) in [6, 6.07) is 0. The molecule has 7 unspecified atom stereocenters. The van der Waals surface area contributed by atoms with Gasteiger partial charge in [-0.1, -0.05) is 24.2 Å². The van der Waals surface area contributed by atoms with Crippen LogP contribution in [0.25, 0.3) is 0 Å². The van der Waals surface area contributed by atoms with Crippen molar-refractivity contribution in [3.63, 3.8) is 0 Å². The van der Waals surface area contributed by atoms with Crippen molar-refractivity contribution >= 4 is 17.4 Å². The molecular formula is C25H40N2O4. The number of esters is 1. The van der Waals surface area contributed by atoms with Gasteiger partial charge in [0.05, 0.1) is 11.4 Å². The number of rotatable bonds is 4. The summed E-state index contributed by atoms with van der Waals surface area (Å²) in [6.07, 6.45) is 9.32. The molecular weight excluding hydrogens is 392 g/mol. The number of carbonyl (C=O) groups excluding carboxylic acids is 1. The Hall–Kier alpha value is -1.59. The number of carbonyl (C=O) groups is 1. The molecule has 4 aliphatic rings. The first kappa shape index (κ1) is 22.6. The summed E-state index contributed by atoms with van der Waals surface area (Å²) >= 11 is 0. The SMILES string of the molecule is CO/N=C(\C)C1/C(=N/OC)CC2C3CC[C@H]4CC(OC(C)=O)CCC4(C)C3CCC12C. The molecule has 4 aliphatic carbocycles. The van der Waals surface area contributed by atoms with Gasteiger partial charge in [0.1, 0.15) is 20.3 Å². The Bertz CT molecular complexity index is 765. The highest BCUT2D eigenvalue weighted by Gasteiger charge is 2.62. The van der Waals surface area contributed by atoms with Gasteiger partial charge in [0, 0.05) is 12.8 Å². The van der Waals surface area contributed by atoms with Gasteiger partial charge in [0.2, 0.25) is 0 Å². The van der Waals surface area contributed by atoms with Crippen LogP contribution in [-0.2, 0) is 19.2 Å². The van der Waals surface area contributed by atoms with E-state index < -0.39 is 0 Å². The molecule has 4 saturated carbocycles. The van der Waals surface area contributed by atoms with Crippen molar-refractivity contribution in [3.05, 3.63) is 0 Å². The lowest BCUT2D eigenvalue weighted by Gasteiger charge is -2.60. The summed E-state index contributed by atoms with van der Waals surface area (Å²) in [7, 11) is 3.27. The maximum absolute atomic E-state index is 11.5. The first-order valence-corrected chi connectivity index (χ1v) is 12.1. The number of ether oxygens (including phenoxy) is 1. The molecule has 8 atom stereocenters. The summed E-state index contributed by atoms with van der Waals surface area (Å²) in [5, 5.41) is 8.81. The van der Waals surface area contributed by atoms with E-state index in [4.69, 9.17) is 14.4 Å². The maximum Gasteiger partial charge on any atom is 0.302 e. The smallest absolute Gasteiger partial charge is 0.302 e. The average Bonchev–Trinajstić information content (AvgIpc) is 3.00. The quantitative estimate of drug-likeness (QED) is 0.347. The van der Waals surface area contributed by atoms with Crippen molar-refractivity contribution in [2.75, 3.05) is 14.2 Å². The van der Waals surface area contributed by atoms with Crippen LogP contribution < -0.4 is 0 Å². The molecule has 0 aliphatic heterocycles. The van der Waals surface area contributed by atoms with Crippen LogP contribution in [0.15, 0.2) is 10.3 Å². The van der Waals surface area contributed by atoms with Gasteiger partial charge in [-0.15, -0.1) is 0 Å². The Balaban J connectivity index is 1.60. The van der Waals surface area contributed by atoms with E-state index in [0.717, 1.165) is 36.6 Å². The molecule has 6 nitrogen and oxygen atoms in total. The highest BCUT2D eigenvalue weighted by atomic mass is 16.6. The van der Waals surface area contributed by atoms with Crippen LogP contribution in [0.5, 0.6) is 0 Å². The summed E-state index contributed by atoms with van der Waals surface area (Å²) in [5.74, 6) is 2.79. The molecule has 4 fully saturated rings. The highest BCUT2D eigenvalue weighted by molar-refractivity contribution is 6.08. The lowest BCUT2D eigenvalue weighted by Crippen LogP contribution is -2.54. The molecule has 0 saturated heterocycles. The first-order chi connectivity index (χ1) is 14.7. The van der Waals surface area contributed by atoms with Crippen molar-refractivity contribution in [2.45, 2.75) is 85.2 Å². The van der Waals surface area contributed by atoms with Crippen LogP contribution in [0.3, 0.4) is 0 Å². The number of hydrogen-bond donors (Lipinski definition) is 0. The van der Waals surface area contributed by atoms with Gasteiger partial charge < -0.3 is 14.4 Å². The molecule has 0 radical (unpaired) electrons. The lowest BCUT2D eigenvalue weighted by molar-refractivity contribution is -0.159.